The van der Waals surface area contributed by atoms with Gasteiger partial charge in [-0.05, 0) is 52.6 Å². The highest BCUT2D eigenvalue weighted by Gasteiger charge is 2.34. The second-order valence-electron chi connectivity index (χ2n) is 7.56. The van der Waals surface area contributed by atoms with Gasteiger partial charge in [-0.1, -0.05) is 47.5 Å². The molecule has 1 saturated heterocycles. The SMILES string of the molecule is C=CCOc1cc(Cl)c(Cl)c(Cl)c1[C@H](NS(=O)C(C)(C)C)C1CCNCC1. The van der Waals surface area contributed by atoms with Gasteiger partial charge in [-0.2, -0.15) is 0 Å². The topological polar surface area (TPSA) is 50.4 Å². The van der Waals surface area contributed by atoms with Crippen LogP contribution in [0.1, 0.15) is 45.2 Å². The third-order valence-corrected chi connectivity index (χ3v) is 7.33. The first-order chi connectivity index (χ1) is 12.7. The lowest BCUT2D eigenvalue weighted by molar-refractivity contribution is 0.295. The number of rotatable bonds is 7. The van der Waals surface area contributed by atoms with Gasteiger partial charge in [-0.3, -0.25) is 0 Å². The molecule has 0 spiro atoms. The minimum atomic E-state index is -1.28. The van der Waals surface area contributed by atoms with E-state index in [1.807, 2.05) is 20.8 Å². The molecule has 1 unspecified atom stereocenters. The summed E-state index contributed by atoms with van der Waals surface area (Å²) in [7, 11) is -1.28. The zero-order valence-corrected chi connectivity index (χ0v) is 19.0. The standard InChI is InChI=1S/C19H27Cl3N2O2S/c1-5-10-26-14-11-13(20)16(21)17(22)15(14)18(12-6-8-23-9-7-12)24-27(25)19(2,3)4/h5,11-12,18,23-24H,1,6-10H2,2-4H3/t18-,27?/m1/s1. The third-order valence-electron chi connectivity index (χ3n) is 4.48. The van der Waals surface area contributed by atoms with E-state index in [2.05, 4.69) is 16.6 Å². The van der Waals surface area contributed by atoms with E-state index in [9.17, 15) is 4.21 Å². The van der Waals surface area contributed by atoms with Crippen molar-refractivity contribution in [3.8, 4) is 5.75 Å². The van der Waals surface area contributed by atoms with Gasteiger partial charge >= 0.3 is 0 Å². The predicted octanol–water partition coefficient (Wildman–Crippen LogP) is 5.30. The molecule has 27 heavy (non-hydrogen) atoms. The number of ether oxygens (including phenoxy) is 1. The number of halogens is 3. The molecule has 1 aliphatic rings. The smallest absolute Gasteiger partial charge is 0.127 e. The summed E-state index contributed by atoms with van der Waals surface area (Å²) in [6.07, 6.45) is 3.51. The largest absolute Gasteiger partial charge is 0.489 e. The minimum absolute atomic E-state index is 0.235. The highest BCUT2D eigenvalue weighted by molar-refractivity contribution is 7.84. The quantitative estimate of drug-likeness (QED) is 0.435. The molecular formula is C19H27Cl3N2O2S. The molecule has 1 aliphatic heterocycles. The Kier molecular flexibility index (Phi) is 8.47. The van der Waals surface area contributed by atoms with Crippen LogP contribution in [0.4, 0.5) is 0 Å². The van der Waals surface area contributed by atoms with Crippen LogP contribution in [0.2, 0.25) is 15.1 Å². The van der Waals surface area contributed by atoms with Gasteiger partial charge in [-0.25, -0.2) is 8.93 Å². The number of piperidine rings is 1. The zero-order chi connectivity index (χ0) is 20.2. The molecule has 0 saturated carbocycles. The summed E-state index contributed by atoms with van der Waals surface area (Å²) < 4.78 is 21.6. The minimum Gasteiger partial charge on any atom is -0.489 e. The summed E-state index contributed by atoms with van der Waals surface area (Å²) >= 11 is 19.2. The first-order valence-corrected chi connectivity index (χ1v) is 11.2. The summed E-state index contributed by atoms with van der Waals surface area (Å²) in [6.45, 7) is 11.6. The van der Waals surface area contributed by atoms with E-state index < -0.39 is 15.7 Å². The van der Waals surface area contributed by atoms with Crippen LogP contribution in [-0.2, 0) is 11.0 Å². The van der Waals surface area contributed by atoms with Crippen LogP contribution < -0.4 is 14.8 Å². The maximum Gasteiger partial charge on any atom is 0.127 e. The Balaban J connectivity index is 2.54. The lowest BCUT2D eigenvalue weighted by atomic mass is 9.86. The van der Waals surface area contributed by atoms with Crippen LogP contribution in [0.3, 0.4) is 0 Å². The average molecular weight is 454 g/mol. The normalized spacial score (nSPS) is 18.1. The van der Waals surface area contributed by atoms with Crippen molar-refractivity contribution >= 4 is 45.8 Å². The highest BCUT2D eigenvalue weighted by atomic mass is 35.5. The number of hydrogen-bond donors (Lipinski definition) is 2. The second kappa shape index (κ2) is 9.95. The number of nitrogens with one attached hydrogen (secondary N) is 2. The lowest BCUT2D eigenvalue weighted by Crippen LogP contribution is -2.41. The summed E-state index contributed by atoms with van der Waals surface area (Å²) in [4.78, 5) is 0. The Morgan fingerprint density at radius 1 is 1.33 bits per heavy atom. The lowest BCUT2D eigenvalue weighted by Gasteiger charge is -2.34. The third kappa shape index (κ3) is 5.84. The molecule has 2 N–H and O–H groups in total. The van der Waals surface area contributed by atoms with Gasteiger partial charge in [0.25, 0.3) is 0 Å². The molecule has 152 valence electrons. The van der Waals surface area contributed by atoms with Crippen molar-refractivity contribution in [2.75, 3.05) is 19.7 Å². The van der Waals surface area contributed by atoms with Crippen LogP contribution in [0.25, 0.3) is 0 Å². The summed E-state index contributed by atoms with van der Waals surface area (Å²) in [6, 6.07) is 1.40. The maximum atomic E-state index is 12.9. The molecule has 1 aromatic rings. The van der Waals surface area contributed by atoms with Crippen molar-refractivity contribution in [2.45, 2.75) is 44.4 Å². The summed E-state index contributed by atoms with van der Waals surface area (Å²) in [5.41, 5.74) is 0.706. The van der Waals surface area contributed by atoms with Crippen LogP contribution in [0.15, 0.2) is 18.7 Å². The van der Waals surface area contributed by atoms with E-state index in [0.29, 0.717) is 28.0 Å². The molecule has 0 aromatic heterocycles. The van der Waals surface area contributed by atoms with E-state index in [1.54, 1.807) is 12.1 Å². The fourth-order valence-corrected chi connectivity index (χ4v) is 4.61. The molecule has 0 radical (unpaired) electrons. The van der Waals surface area contributed by atoms with E-state index in [4.69, 9.17) is 39.5 Å². The molecule has 2 rings (SSSR count). The second-order valence-corrected chi connectivity index (χ2v) is 10.7. The Hall–Kier alpha value is -0.300. The molecule has 1 heterocycles. The Labute approximate surface area is 179 Å². The highest BCUT2D eigenvalue weighted by Crippen LogP contribution is 2.45. The van der Waals surface area contributed by atoms with Crippen LogP contribution in [0.5, 0.6) is 5.75 Å². The van der Waals surface area contributed by atoms with Gasteiger partial charge in [-0.15, -0.1) is 0 Å². The summed E-state index contributed by atoms with van der Waals surface area (Å²) in [5, 5.41) is 4.30. The zero-order valence-electron chi connectivity index (χ0n) is 15.9. The van der Waals surface area contributed by atoms with Crippen LogP contribution in [0, 0.1) is 5.92 Å². The van der Waals surface area contributed by atoms with Crippen molar-refractivity contribution in [1.29, 1.82) is 0 Å². The van der Waals surface area contributed by atoms with Crippen molar-refractivity contribution in [3.63, 3.8) is 0 Å². The average Bonchev–Trinajstić information content (AvgIpc) is 2.63. The molecular weight excluding hydrogens is 427 g/mol. The van der Waals surface area contributed by atoms with Gasteiger partial charge in [0.05, 0.1) is 36.8 Å². The monoisotopic (exact) mass is 452 g/mol. The number of benzene rings is 1. The molecule has 8 heteroatoms. The Morgan fingerprint density at radius 3 is 2.52 bits per heavy atom. The van der Waals surface area contributed by atoms with Crippen molar-refractivity contribution in [1.82, 2.24) is 10.0 Å². The first-order valence-electron chi connectivity index (χ1n) is 8.96. The van der Waals surface area contributed by atoms with E-state index >= 15 is 0 Å². The van der Waals surface area contributed by atoms with E-state index in [-0.39, 0.29) is 17.0 Å². The van der Waals surface area contributed by atoms with Crippen molar-refractivity contribution in [2.24, 2.45) is 5.92 Å². The fraction of sp³-hybridized carbons (Fsp3) is 0.579. The number of hydrogen-bond acceptors (Lipinski definition) is 3. The van der Waals surface area contributed by atoms with E-state index in [1.165, 1.54) is 0 Å². The van der Waals surface area contributed by atoms with Gasteiger partial charge in [0.2, 0.25) is 0 Å². The molecule has 0 amide bonds. The predicted molar refractivity (Wildman–Crippen MR) is 117 cm³/mol. The van der Waals surface area contributed by atoms with Gasteiger partial charge in [0.1, 0.15) is 12.4 Å². The maximum absolute atomic E-state index is 12.9. The van der Waals surface area contributed by atoms with Crippen molar-refractivity contribution in [3.05, 3.63) is 39.4 Å². The van der Waals surface area contributed by atoms with Crippen molar-refractivity contribution < 1.29 is 8.95 Å². The van der Waals surface area contributed by atoms with Crippen LogP contribution in [-0.4, -0.2) is 28.7 Å². The fourth-order valence-electron chi connectivity index (χ4n) is 3.01. The van der Waals surface area contributed by atoms with Gasteiger partial charge < -0.3 is 10.1 Å². The molecule has 2 atom stereocenters. The Morgan fingerprint density at radius 2 is 1.96 bits per heavy atom. The van der Waals surface area contributed by atoms with Gasteiger partial charge in [0, 0.05) is 11.6 Å². The molecule has 4 nitrogen and oxygen atoms in total. The molecule has 1 aromatic carbocycles. The Bertz CT molecular complexity index is 701. The van der Waals surface area contributed by atoms with Crippen LogP contribution >= 0.6 is 34.8 Å². The van der Waals surface area contributed by atoms with E-state index in [0.717, 1.165) is 25.9 Å². The summed E-state index contributed by atoms with van der Waals surface area (Å²) in [5.74, 6) is 0.773. The van der Waals surface area contributed by atoms with Gasteiger partial charge in [0.15, 0.2) is 0 Å². The molecule has 0 bridgehead atoms. The molecule has 0 aliphatic carbocycles. The first kappa shape index (κ1) is 23.0. The molecule has 1 fully saturated rings.